The number of nitrogens with zero attached hydrogens (tertiary/aromatic N) is 1. The van der Waals surface area contributed by atoms with Crippen molar-refractivity contribution in [3.63, 3.8) is 0 Å². The lowest BCUT2D eigenvalue weighted by atomic mass is 9.73. The molecule has 3 unspecified atom stereocenters. The fraction of sp³-hybridized carbons (Fsp3) is 0.433. The van der Waals surface area contributed by atoms with Crippen LogP contribution in [0.3, 0.4) is 0 Å². The average molecular weight is 457 g/mol. The number of aromatic hydroxyl groups is 1. The first-order valence-corrected chi connectivity index (χ1v) is 12.9. The van der Waals surface area contributed by atoms with E-state index in [2.05, 4.69) is 28.4 Å². The molecule has 0 aromatic heterocycles. The number of phenols is 1. The Morgan fingerprint density at radius 3 is 2.35 bits per heavy atom. The van der Waals surface area contributed by atoms with Gasteiger partial charge in [0.2, 0.25) is 0 Å². The zero-order chi connectivity index (χ0) is 23.3. The van der Waals surface area contributed by atoms with Crippen LogP contribution < -0.4 is 5.32 Å². The van der Waals surface area contributed by atoms with Crippen molar-refractivity contribution < 1.29 is 9.90 Å². The molecule has 1 aliphatic heterocycles. The number of hydrogen-bond donors (Lipinski definition) is 2. The van der Waals surface area contributed by atoms with Crippen LogP contribution in [-0.2, 0) is 0 Å². The molecule has 34 heavy (non-hydrogen) atoms. The number of carbonyl (C=O) groups is 1. The number of rotatable bonds is 4. The number of nitrogens with one attached hydrogen (secondary N) is 1. The molecule has 2 aliphatic carbocycles. The third-order valence-corrected chi connectivity index (χ3v) is 7.77. The highest BCUT2D eigenvalue weighted by molar-refractivity contribution is 5.98. The summed E-state index contributed by atoms with van der Waals surface area (Å²) in [5.41, 5.74) is 0.787. The molecule has 1 saturated heterocycles. The van der Waals surface area contributed by atoms with Gasteiger partial charge in [-0.2, -0.15) is 0 Å². The van der Waals surface area contributed by atoms with Crippen molar-refractivity contribution in [3.05, 3.63) is 78.4 Å². The van der Waals surface area contributed by atoms with Crippen LogP contribution in [0.5, 0.6) is 5.75 Å². The van der Waals surface area contributed by atoms with Crippen molar-refractivity contribution >= 4 is 16.7 Å². The average Bonchev–Trinajstić information content (AvgIpc) is 3.69. The topological polar surface area (TPSA) is 52.6 Å². The second-order valence-electron chi connectivity index (χ2n) is 10.4. The lowest BCUT2D eigenvalue weighted by Crippen LogP contribution is -2.48. The lowest BCUT2D eigenvalue weighted by molar-refractivity contribution is 0.0662. The Labute approximate surface area is 203 Å². The van der Waals surface area contributed by atoms with Crippen molar-refractivity contribution in [1.82, 2.24) is 10.2 Å². The Kier molecular flexibility index (Phi) is 7.15. The number of likely N-dealkylation sites (tertiary alicyclic amines) is 1. The van der Waals surface area contributed by atoms with E-state index in [1.165, 1.54) is 57.1 Å². The Balaban J connectivity index is 0.000000297. The Morgan fingerprint density at radius 1 is 0.853 bits per heavy atom. The summed E-state index contributed by atoms with van der Waals surface area (Å²) in [6, 6.07) is 23.3. The first kappa shape index (κ1) is 22.9. The zero-order valence-electron chi connectivity index (χ0n) is 19.9. The maximum Gasteiger partial charge on any atom is 0.251 e. The maximum atomic E-state index is 12.8. The summed E-state index contributed by atoms with van der Waals surface area (Å²) in [6.45, 7) is 3.90. The molecule has 0 radical (unpaired) electrons. The van der Waals surface area contributed by atoms with Crippen molar-refractivity contribution in [2.75, 3.05) is 19.6 Å². The third-order valence-electron chi connectivity index (χ3n) is 7.77. The summed E-state index contributed by atoms with van der Waals surface area (Å²) in [4.78, 5) is 15.5. The molecule has 3 fully saturated rings. The van der Waals surface area contributed by atoms with Gasteiger partial charge < -0.3 is 15.3 Å². The van der Waals surface area contributed by atoms with Gasteiger partial charge in [-0.1, -0.05) is 48.5 Å². The number of phenolic OH excluding ortho intramolecular Hbond substituents is 1. The van der Waals surface area contributed by atoms with Gasteiger partial charge in [0.1, 0.15) is 5.75 Å². The Bertz CT molecular complexity index is 1100. The highest BCUT2D eigenvalue weighted by Crippen LogP contribution is 2.38. The number of fused-ring (bicyclic) bond motifs is 2. The van der Waals surface area contributed by atoms with E-state index >= 15 is 0 Å². The molecule has 178 valence electrons. The molecule has 1 heterocycles. The fourth-order valence-electron chi connectivity index (χ4n) is 5.68. The number of para-hydroxylation sites is 1. The largest absolute Gasteiger partial charge is 0.508 e. The standard InChI is InChI=1S/C24H30N2O.C6H6O/c27-24(21-8-7-18-3-1-2-4-19(18)13-21)25-23-10-9-22-16-26(15-17-5-6-17)12-11-20(22)14-23;7-6-4-2-1-3-5-6/h1-4,7-8,13,17,20,22-23H,5-6,9-12,14-16H2,(H,25,27);1-5,7H. The molecule has 2 N–H and O–H groups in total. The number of benzene rings is 3. The van der Waals surface area contributed by atoms with Crippen molar-refractivity contribution in [1.29, 1.82) is 0 Å². The molecule has 3 atom stereocenters. The molecule has 0 spiro atoms. The summed E-state index contributed by atoms with van der Waals surface area (Å²) in [6.07, 6.45) is 7.80. The van der Waals surface area contributed by atoms with Gasteiger partial charge in [0.25, 0.3) is 5.91 Å². The van der Waals surface area contributed by atoms with Crippen LogP contribution in [0, 0.1) is 17.8 Å². The van der Waals surface area contributed by atoms with E-state index in [-0.39, 0.29) is 5.91 Å². The Hall–Kier alpha value is -2.85. The minimum absolute atomic E-state index is 0.0929. The van der Waals surface area contributed by atoms with E-state index in [1.54, 1.807) is 24.3 Å². The SMILES string of the molecule is O=C(NC1CCC2CN(CC3CC3)CCC2C1)c1ccc2ccccc2c1.Oc1ccccc1. The number of carbonyl (C=O) groups excluding carboxylic acids is 1. The smallest absolute Gasteiger partial charge is 0.251 e. The molecule has 0 bridgehead atoms. The predicted octanol–water partition coefficient (Wildman–Crippen LogP) is 5.86. The second kappa shape index (κ2) is 10.6. The van der Waals surface area contributed by atoms with Gasteiger partial charge in [0.15, 0.2) is 0 Å². The normalized spacial score (nSPS) is 24.5. The second-order valence-corrected chi connectivity index (χ2v) is 10.4. The number of amides is 1. The van der Waals surface area contributed by atoms with Crippen LogP contribution in [-0.4, -0.2) is 41.6 Å². The van der Waals surface area contributed by atoms with E-state index in [4.69, 9.17) is 5.11 Å². The minimum Gasteiger partial charge on any atom is -0.508 e. The summed E-state index contributed by atoms with van der Waals surface area (Å²) in [7, 11) is 0. The minimum atomic E-state index is 0.0929. The predicted molar refractivity (Wildman–Crippen MR) is 138 cm³/mol. The van der Waals surface area contributed by atoms with Gasteiger partial charge in [-0.05, 0) is 97.9 Å². The third kappa shape index (κ3) is 5.98. The van der Waals surface area contributed by atoms with E-state index in [0.29, 0.717) is 11.8 Å². The molecule has 4 nitrogen and oxygen atoms in total. The van der Waals surface area contributed by atoms with Gasteiger partial charge in [-0.3, -0.25) is 4.79 Å². The highest BCUT2D eigenvalue weighted by atomic mass is 16.3. The van der Waals surface area contributed by atoms with E-state index in [1.807, 2.05) is 30.3 Å². The fourth-order valence-corrected chi connectivity index (χ4v) is 5.68. The maximum absolute atomic E-state index is 12.8. The summed E-state index contributed by atoms with van der Waals surface area (Å²) in [5.74, 6) is 3.07. The van der Waals surface area contributed by atoms with Crippen molar-refractivity contribution in [2.24, 2.45) is 17.8 Å². The van der Waals surface area contributed by atoms with Crippen molar-refractivity contribution in [2.45, 2.75) is 44.6 Å². The Morgan fingerprint density at radius 2 is 1.62 bits per heavy atom. The quantitative estimate of drug-likeness (QED) is 0.517. The van der Waals surface area contributed by atoms with Gasteiger partial charge in [0.05, 0.1) is 0 Å². The number of piperidine rings is 1. The molecule has 2 saturated carbocycles. The highest BCUT2D eigenvalue weighted by Gasteiger charge is 2.36. The van der Waals surface area contributed by atoms with Crippen LogP contribution in [0.4, 0.5) is 0 Å². The van der Waals surface area contributed by atoms with Crippen LogP contribution >= 0.6 is 0 Å². The van der Waals surface area contributed by atoms with Gasteiger partial charge >= 0.3 is 0 Å². The van der Waals surface area contributed by atoms with Crippen LogP contribution in [0.15, 0.2) is 72.8 Å². The molecular formula is C30H36N2O2. The number of hydrogen-bond acceptors (Lipinski definition) is 3. The van der Waals surface area contributed by atoms with Gasteiger partial charge in [-0.15, -0.1) is 0 Å². The van der Waals surface area contributed by atoms with Gasteiger partial charge in [0, 0.05) is 24.7 Å². The van der Waals surface area contributed by atoms with Gasteiger partial charge in [-0.25, -0.2) is 0 Å². The molecule has 1 amide bonds. The first-order chi connectivity index (χ1) is 16.6. The van der Waals surface area contributed by atoms with Crippen LogP contribution in [0.25, 0.3) is 10.8 Å². The van der Waals surface area contributed by atoms with E-state index in [9.17, 15) is 4.79 Å². The van der Waals surface area contributed by atoms with Crippen LogP contribution in [0.2, 0.25) is 0 Å². The van der Waals surface area contributed by atoms with E-state index in [0.717, 1.165) is 35.1 Å². The monoisotopic (exact) mass is 456 g/mol. The van der Waals surface area contributed by atoms with Crippen LogP contribution in [0.1, 0.15) is 48.9 Å². The summed E-state index contributed by atoms with van der Waals surface area (Å²) < 4.78 is 0. The van der Waals surface area contributed by atoms with E-state index < -0.39 is 0 Å². The molecule has 6 rings (SSSR count). The molecular weight excluding hydrogens is 420 g/mol. The molecule has 3 aromatic carbocycles. The molecule has 3 aromatic rings. The zero-order valence-corrected chi connectivity index (χ0v) is 19.9. The molecule has 3 aliphatic rings. The summed E-state index contributed by atoms with van der Waals surface area (Å²) >= 11 is 0. The lowest BCUT2D eigenvalue weighted by Gasteiger charge is -2.44. The summed E-state index contributed by atoms with van der Waals surface area (Å²) in [5, 5.41) is 14.3. The molecule has 4 heteroatoms. The van der Waals surface area contributed by atoms with Crippen molar-refractivity contribution in [3.8, 4) is 5.75 Å². The first-order valence-electron chi connectivity index (χ1n) is 12.9.